The van der Waals surface area contributed by atoms with Crippen LogP contribution in [0, 0.1) is 0 Å². The smallest absolute Gasteiger partial charge is 0.253 e. The number of carbonyl (C=O) groups is 1. The second-order valence-electron chi connectivity index (χ2n) is 8.20. The minimum atomic E-state index is 0.000422. The quantitative estimate of drug-likeness (QED) is 0.388. The predicted octanol–water partition coefficient (Wildman–Crippen LogP) is 3.48. The van der Waals surface area contributed by atoms with Crippen molar-refractivity contribution < 1.29 is 9.21 Å². The molecule has 2 N–H and O–H groups in total. The Kier molecular flexibility index (Phi) is 8.66. The van der Waals surface area contributed by atoms with Gasteiger partial charge in [0.25, 0.3) is 5.91 Å². The van der Waals surface area contributed by atoms with Crippen LogP contribution in [0.4, 0.5) is 0 Å². The molecule has 7 heteroatoms. The summed E-state index contributed by atoms with van der Waals surface area (Å²) in [7, 11) is 7.35. The largest absolute Gasteiger partial charge is 0.468 e. The standard InChI is InChI=1S/C26H33N5O2/c1-27-26(28-16-20-11-13-21(14-12-20)25(32)30(2)3)29-17-22-8-5-6-9-23(22)18-31(4)19-24-10-7-15-33-24/h5-15H,16-19H2,1-4H3,(H2,27,28,29). The van der Waals surface area contributed by atoms with Gasteiger partial charge in [0.05, 0.1) is 12.8 Å². The van der Waals surface area contributed by atoms with E-state index in [0.717, 1.165) is 30.4 Å². The molecule has 0 aliphatic heterocycles. The number of amides is 1. The highest BCUT2D eigenvalue weighted by Gasteiger charge is 2.09. The van der Waals surface area contributed by atoms with Crippen molar-refractivity contribution in [3.63, 3.8) is 0 Å². The van der Waals surface area contributed by atoms with Gasteiger partial charge < -0.3 is 20.0 Å². The maximum atomic E-state index is 12.0. The maximum absolute atomic E-state index is 12.0. The van der Waals surface area contributed by atoms with Crippen molar-refractivity contribution in [1.29, 1.82) is 0 Å². The second-order valence-corrected chi connectivity index (χ2v) is 8.20. The molecule has 0 saturated carbocycles. The van der Waals surface area contributed by atoms with Crippen LogP contribution in [-0.2, 0) is 26.2 Å². The summed E-state index contributed by atoms with van der Waals surface area (Å²) < 4.78 is 5.46. The summed E-state index contributed by atoms with van der Waals surface area (Å²) >= 11 is 0. The van der Waals surface area contributed by atoms with E-state index >= 15 is 0 Å². The SMILES string of the molecule is CN=C(NCc1ccc(C(=O)N(C)C)cc1)NCc1ccccc1CN(C)Cc1ccco1. The normalized spacial score (nSPS) is 11.5. The summed E-state index contributed by atoms with van der Waals surface area (Å²) in [6.45, 7) is 2.86. The number of rotatable bonds is 9. The fourth-order valence-electron chi connectivity index (χ4n) is 3.51. The van der Waals surface area contributed by atoms with Crippen LogP contribution in [0.25, 0.3) is 0 Å². The summed E-state index contributed by atoms with van der Waals surface area (Å²) in [5.74, 6) is 1.68. The fraction of sp³-hybridized carbons (Fsp3) is 0.308. The first kappa shape index (κ1) is 24.1. The summed E-state index contributed by atoms with van der Waals surface area (Å²) in [5.41, 5.74) is 4.24. The number of nitrogens with zero attached hydrogens (tertiary/aromatic N) is 3. The van der Waals surface area contributed by atoms with E-state index in [1.807, 2.05) is 36.4 Å². The Hall–Kier alpha value is -3.58. The Bertz CT molecular complexity index is 1040. The Morgan fingerprint density at radius 2 is 1.58 bits per heavy atom. The molecule has 0 fully saturated rings. The Labute approximate surface area is 196 Å². The molecule has 0 bridgehead atoms. The number of guanidine groups is 1. The molecule has 1 heterocycles. The fourth-order valence-corrected chi connectivity index (χ4v) is 3.51. The molecular weight excluding hydrogens is 414 g/mol. The molecule has 0 radical (unpaired) electrons. The van der Waals surface area contributed by atoms with Gasteiger partial charge in [0.1, 0.15) is 5.76 Å². The molecule has 1 aromatic heterocycles. The molecule has 0 saturated heterocycles. The first-order chi connectivity index (χ1) is 16.0. The van der Waals surface area contributed by atoms with Crippen molar-refractivity contribution in [2.45, 2.75) is 26.2 Å². The van der Waals surface area contributed by atoms with E-state index in [0.29, 0.717) is 18.7 Å². The zero-order valence-electron chi connectivity index (χ0n) is 19.8. The predicted molar refractivity (Wildman–Crippen MR) is 132 cm³/mol. The van der Waals surface area contributed by atoms with E-state index < -0.39 is 0 Å². The van der Waals surface area contributed by atoms with Crippen molar-refractivity contribution >= 4 is 11.9 Å². The minimum Gasteiger partial charge on any atom is -0.468 e. The molecule has 0 unspecified atom stereocenters. The highest BCUT2D eigenvalue weighted by atomic mass is 16.3. The number of hydrogen-bond donors (Lipinski definition) is 2. The monoisotopic (exact) mass is 447 g/mol. The third-order valence-corrected chi connectivity index (χ3v) is 5.30. The topological polar surface area (TPSA) is 73.1 Å². The molecule has 0 aliphatic carbocycles. The number of furan rings is 1. The molecule has 0 atom stereocenters. The third-order valence-electron chi connectivity index (χ3n) is 5.30. The maximum Gasteiger partial charge on any atom is 0.253 e. The van der Waals surface area contributed by atoms with Gasteiger partial charge in [0, 0.05) is 46.3 Å². The number of nitrogens with one attached hydrogen (secondary N) is 2. The lowest BCUT2D eigenvalue weighted by atomic mass is 10.1. The molecule has 3 rings (SSSR count). The van der Waals surface area contributed by atoms with Gasteiger partial charge in [0.2, 0.25) is 0 Å². The van der Waals surface area contributed by atoms with Crippen molar-refractivity contribution in [3.05, 3.63) is 94.9 Å². The number of hydrogen-bond acceptors (Lipinski definition) is 4. The van der Waals surface area contributed by atoms with Crippen LogP contribution >= 0.6 is 0 Å². The zero-order chi connectivity index (χ0) is 23.6. The lowest BCUT2D eigenvalue weighted by molar-refractivity contribution is 0.0827. The van der Waals surface area contributed by atoms with E-state index in [2.05, 4.69) is 51.8 Å². The van der Waals surface area contributed by atoms with Gasteiger partial charge in [-0.3, -0.25) is 14.7 Å². The van der Waals surface area contributed by atoms with Gasteiger partial charge >= 0.3 is 0 Å². The zero-order valence-corrected chi connectivity index (χ0v) is 19.8. The van der Waals surface area contributed by atoms with Crippen LogP contribution in [0.15, 0.2) is 76.3 Å². The van der Waals surface area contributed by atoms with Gasteiger partial charge in [-0.15, -0.1) is 0 Å². The van der Waals surface area contributed by atoms with Crippen LogP contribution in [0.2, 0.25) is 0 Å². The van der Waals surface area contributed by atoms with E-state index in [4.69, 9.17) is 4.42 Å². The first-order valence-electron chi connectivity index (χ1n) is 11.0. The van der Waals surface area contributed by atoms with Gasteiger partial charge in [0.15, 0.2) is 5.96 Å². The van der Waals surface area contributed by atoms with E-state index in [-0.39, 0.29) is 5.91 Å². The lowest BCUT2D eigenvalue weighted by Gasteiger charge is -2.19. The van der Waals surface area contributed by atoms with Crippen molar-refractivity contribution in [2.75, 3.05) is 28.2 Å². The molecule has 0 aliphatic rings. The average molecular weight is 448 g/mol. The summed E-state index contributed by atoms with van der Waals surface area (Å²) in [6, 6.07) is 19.9. The van der Waals surface area contributed by atoms with Crippen LogP contribution in [0.5, 0.6) is 0 Å². The summed E-state index contributed by atoms with van der Waals surface area (Å²) in [4.78, 5) is 20.2. The van der Waals surface area contributed by atoms with Gasteiger partial charge in [-0.05, 0) is 48.0 Å². The summed E-state index contributed by atoms with van der Waals surface area (Å²) in [5, 5.41) is 6.74. The molecule has 2 aromatic carbocycles. The lowest BCUT2D eigenvalue weighted by Crippen LogP contribution is -2.36. The summed E-state index contributed by atoms with van der Waals surface area (Å²) in [6.07, 6.45) is 1.71. The van der Waals surface area contributed by atoms with Crippen molar-refractivity contribution in [3.8, 4) is 0 Å². The highest BCUT2D eigenvalue weighted by Crippen LogP contribution is 2.13. The van der Waals surface area contributed by atoms with Crippen LogP contribution in [-0.4, -0.2) is 49.9 Å². The van der Waals surface area contributed by atoms with Gasteiger partial charge in [-0.25, -0.2) is 0 Å². The van der Waals surface area contributed by atoms with E-state index in [9.17, 15) is 4.79 Å². The number of carbonyl (C=O) groups excluding carboxylic acids is 1. The molecular formula is C26H33N5O2. The third kappa shape index (κ3) is 7.22. The molecule has 1 amide bonds. The Balaban J connectivity index is 1.53. The minimum absolute atomic E-state index is 0.000422. The van der Waals surface area contributed by atoms with Crippen LogP contribution in [0.3, 0.4) is 0 Å². The molecule has 3 aromatic rings. The second kappa shape index (κ2) is 11.9. The van der Waals surface area contributed by atoms with E-state index in [1.54, 1.807) is 32.3 Å². The molecule has 174 valence electrons. The van der Waals surface area contributed by atoms with E-state index in [1.165, 1.54) is 11.1 Å². The van der Waals surface area contributed by atoms with Gasteiger partial charge in [-0.1, -0.05) is 36.4 Å². The first-order valence-corrected chi connectivity index (χ1v) is 11.0. The van der Waals surface area contributed by atoms with Crippen LogP contribution in [0.1, 0.15) is 32.8 Å². The molecule has 0 spiro atoms. The van der Waals surface area contributed by atoms with Crippen molar-refractivity contribution in [2.24, 2.45) is 4.99 Å². The average Bonchev–Trinajstić information content (AvgIpc) is 3.32. The van der Waals surface area contributed by atoms with Gasteiger partial charge in [-0.2, -0.15) is 0 Å². The Morgan fingerprint density at radius 1 is 0.879 bits per heavy atom. The number of aliphatic imine (C=N–C) groups is 1. The number of benzene rings is 2. The molecule has 33 heavy (non-hydrogen) atoms. The van der Waals surface area contributed by atoms with Crippen LogP contribution < -0.4 is 10.6 Å². The highest BCUT2D eigenvalue weighted by molar-refractivity contribution is 5.93. The Morgan fingerprint density at radius 3 is 2.21 bits per heavy atom. The van der Waals surface area contributed by atoms with Crippen molar-refractivity contribution in [1.82, 2.24) is 20.4 Å². The molecule has 7 nitrogen and oxygen atoms in total.